The first-order chi connectivity index (χ1) is 9.16. The number of hydrogen-bond acceptors (Lipinski definition) is 3. The van der Waals surface area contributed by atoms with Crippen LogP contribution in [-0.2, 0) is 11.3 Å². The van der Waals surface area contributed by atoms with Crippen LogP contribution in [0.3, 0.4) is 0 Å². The summed E-state index contributed by atoms with van der Waals surface area (Å²) >= 11 is 1.40. The molecule has 100 valence electrons. The maximum absolute atomic E-state index is 12.9. The number of hydrogen-bond donors (Lipinski definition) is 0. The molecule has 0 aliphatic carbocycles. The van der Waals surface area contributed by atoms with Crippen LogP contribution in [0.15, 0.2) is 42.1 Å². The highest BCUT2D eigenvalue weighted by Crippen LogP contribution is 2.28. The molecule has 0 fully saturated rings. The van der Waals surface area contributed by atoms with Gasteiger partial charge in [0, 0.05) is 11.8 Å². The molecule has 19 heavy (non-hydrogen) atoms. The molecule has 0 unspecified atom stereocenters. The van der Waals surface area contributed by atoms with E-state index in [1.807, 2.05) is 26.1 Å². The molecule has 0 spiro atoms. The highest BCUT2D eigenvalue weighted by molar-refractivity contribution is 7.09. The van der Waals surface area contributed by atoms with Gasteiger partial charge in [-0.3, -0.25) is 0 Å². The number of halogens is 1. The van der Waals surface area contributed by atoms with Gasteiger partial charge in [-0.15, -0.1) is 0 Å². The third-order valence-electron chi connectivity index (χ3n) is 2.62. The minimum atomic E-state index is -0.227. The van der Waals surface area contributed by atoms with Crippen molar-refractivity contribution in [3.05, 3.63) is 53.5 Å². The van der Waals surface area contributed by atoms with E-state index in [9.17, 15) is 4.39 Å². The zero-order chi connectivity index (χ0) is 13.7. The molecule has 1 aromatic heterocycles. The smallest absolute Gasteiger partial charge is 0.123 e. The number of aromatic nitrogens is 1. The van der Waals surface area contributed by atoms with Crippen molar-refractivity contribution < 1.29 is 9.13 Å². The van der Waals surface area contributed by atoms with Gasteiger partial charge in [0.05, 0.1) is 18.1 Å². The van der Waals surface area contributed by atoms with Gasteiger partial charge >= 0.3 is 0 Å². The summed E-state index contributed by atoms with van der Waals surface area (Å²) in [5.41, 5.74) is 3.26. The fraction of sp³-hybridized carbons (Fsp3) is 0.267. The first kappa shape index (κ1) is 13.9. The van der Waals surface area contributed by atoms with Gasteiger partial charge in [-0.1, -0.05) is 23.8 Å². The zero-order valence-corrected chi connectivity index (χ0v) is 11.8. The Hall–Kier alpha value is -1.52. The van der Waals surface area contributed by atoms with Gasteiger partial charge in [0.2, 0.25) is 0 Å². The van der Waals surface area contributed by atoms with E-state index in [0.717, 1.165) is 16.0 Å². The summed E-state index contributed by atoms with van der Waals surface area (Å²) in [6.07, 6.45) is 3.85. The molecule has 4 heteroatoms. The third-order valence-corrected chi connectivity index (χ3v) is 3.51. The van der Waals surface area contributed by atoms with Crippen LogP contribution in [0.2, 0.25) is 0 Å². The first-order valence-electron chi connectivity index (χ1n) is 6.07. The molecular formula is C15H16FNOS. The second kappa shape index (κ2) is 6.59. The highest BCUT2D eigenvalue weighted by atomic mass is 32.1. The predicted octanol–water partition coefficient (Wildman–Crippen LogP) is 4.43. The molecule has 2 nitrogen and oxygen atoms in total. The number of nitrogens with zero attached hydrogens (tertiary/aromatic N) is 1. The lowest BCUT2D eigenvalue weighted by Crippen LogP contribution is -1.93. The molecule has 2 aromatic rings. The lowest BCUT2D eigenvalue weighted by molar-refractivity contribution is 0.149. The van der Waals surface area contributed by atoms with E-state index in [0.29, 0.717) is 13.2 Å². The molecule has 1 heterocycles. The maximum atomic E-state index is 12.9. The second-order valence-corrected chi connectivity index (χ2v) is 5.29. The average molecular weight is 277 g/mol. The summed E-state index contributed by atoms with van der Waals surface area (Å²) in [7, 11) is 0. The minimum Gasteiger partial charge on any atom is -0.373 e. The van der Waals surface area contributed by atoms with E-state index < -0.39 is 0 Å². The maximum Gasteiger partial charge on any atom is 0.123 e. The molecule has 2 rings (SSSR count). The van der Waals surface area contributed by atoms with E-state index >= 15 is 0 Å². The van der Waals surface area contributed by atoms with Crippen LogP contribution in [0.1, 0.15) is 19.4 Å². The molecule has 0 amide bonds. The van der Waals surface area contributed by atoms with Crippen LogP contribution in [0.5, 0.6) is 0 Å². The lowest BCUT2D eigenvalue weighted by Gasteiger charge is -2.03. The van der Waals surface area contributed by atoms with Crippen molar-refractivity contribution in [2.45, 2.75) is 20.5 Å². The largest absolute Gasteiger partial charge is 0.373 e. The van der Waals surface area contributed by atoms with Crippen LogP contribution >= 0.6 is 11.5 Å². The van der Waals surface area contributed by atoms with Crippen LogP contribution in [0.4, 0.5) is 4.39 Å². The predicted molar refractivity (Wildman–Crippen MR) is 76.6 cm³/mol. The molecule has 1 aromatic carbocycles. The van der Waals surface area contributed by atoms with Gasteiger partial charge in [-0.25, -0.2) is 8.76 Å². The normalized spacial score (nSPS) is 10.5. The number of rotatable bonds is 5. The average Bonchev–Trinajstić information content (AvgIpc) is 2.84. The monoisotopic (exact) mass is 277 g/mol. The van der Waals surface area contributed by atoms with Crippen molar-refractivity contribution in [1.29, 1.82) is 0 Å². The molecule has 0 aliphatic heterocycles. The number of ether oxygens (including phenoxy) is 1. The standard InChI is InChI=1S/C15H16FNOS/c1-11(2)7-8-18-10-13-9-17-19-15(13)12-3-5-14(16)6-4-12/h3-7,9H,8,10H2,1-2H3. The van der Waals surface area contributed by atoms with E-state index in [4.69, 9.17) is 4.74 Å². The van der Waals surface area contributed by atoms with Gasteiger partial charge in [0.15, 0.2) is 0 Å². The summed E-state index contributed by atoms with van der Waals surface area (Å²) in [5, 5.41) is 0. The Balaban J connectivity index is 2.05. The number of benzene rings is 1. The molecule has 0 atom stereocenters. The van der Waals surface area contributed by atoms with Crippen molar-refractivity contribution >= 4 is 11.5 Å². The van der Waals surface area contributed by atoms with E-state index in [1.54, 1.807) is 12.1 Å². The Morgan fingerprint density at radius 3 is 2.74 bits per heavy atom. The van der Waals surface area contributed by atoms with E-state index in [1.165, 1.54) is 29.2 Å². The fourth-order valence-electron chi connectivity index (χ4n) is 1.60. The molecule has 0 N–H and O–H groups in total. The van der Waals surface area contributed by atoms with Crippen LogP contribution in [-0.4, -0.2) is 11.0 Å². The van der Waals surface area contributed by atoms with Crippen molar-refractivity contribution in [3.63, 3.8) is 0 Å². The van der Waals surface area contributed by atoms with Crippen molar-refractivity contribution in [1.82, 2.24) is 4.37 Å². The van der Waals surface area contributed by atoms with Gasteiger partial charge < -0.3 is 4.74 Å². The molecule has 0 radical (unpaired) electrons. The van der Waals surface area contributed by atoms with E-state index in [-0.39, 0.29) is 5.82 Å². The van der Waals surface area contributed by atoms with Gasteiger partial charge in [0.25, 0.3) is 0 Å². The SMILES string of the molecule is CC(C)=CCOCc1cnsc1-c1ccc(F)cc1. The summed E-state index contributed by atoms with van der Waals surface area (Å²) in [6.45, 7) is 5.20. The Kier molecular flexibility index (Phi) is 4.82. The third kappa shape index (κ3) is 3.98. The van der Waals surface area contributed by atoms with Crippen LogP contribution in [0, 0.1) is 5.82 Å². The Morgan fingerprint density at radius 1 is 1.32 bits per heavy atom. The Morgan fingerprint density at radius 2 is 2.05 bits per heavy atom. The summed E-state index contributed by atoms with van der Waals surface area (Å²) in [4.78, 5) is 1.04. The Bertz CT molecular complexity index is 556. The molecule has 0 bridgehead atoms. The topological polar surface area (TPSA) is 22.1 Å². The minimum absolute atomic E-state index is 0.227. The van der Waals surface area contributed by atoms with Crippen molar-refractivity contribution in [2.24, 2.45) is 0 Å². The zero-order valence-electron chi connectivity index (χ0n) is 11.0. The van der Waals surface area contributed by atoms with Crippen LogP contribution in [0.25, 0.3) is 10.4 Å². The van der Waals surface area contributed by atoms with Crippen molar-refractivity contribution in [3.8, 4) is 10.4 Å². The van der Waals surface area contributed by atoms with Crippen molar-refractivity contribution in [2.75, 3.05) is 6.61 Å². The highest BCUT2D eigenvalue weighted by Gasteiger charge is 2.08. The summed E-state index contributed by atoms with van der Waals surface area (Å²) in [5.74, 6) is -0.227. The Labute approximate surface area is 116 Å². The molecule has 0 aliphatic rings. The molecule has 0 saturated carbocycles. The summed E-state index contributed by atoms with van der Waals surface area (Å²) < 4.78 is 22.7. The number of allylic oxidation sites excluding steroid dienone is 1. The fourth-order valence-corrected chi connectivity index (χ4v) is 2.35. The van der Waals surface area contributed by atoms with Gasteiger partial charge in [-0.2, -0.15) is 0 Å². The molecular weight excluding hydrogens is 261 g/mol. The van der Waals surface area contributed by atoms with Gasteiger partial charge in [-0.05, 0) is 43.1 Å². The van der Waals surface area contributed by atoms with E-state index in [2.05, 4.69) is 4.37 Å². The second-order valence-electron chi connectivity index (χ2n) is 4.48. The molecule has 0 saturated heterocycles. The van der Waals surface area contributed by atoms with Gasteiger partial charge in [0.1, 0.15) is 5.82 Å². The lowest BCUT2D eigenvalue weighted by atomic mass is 10.1. The van der Waals surface area contributed by atoms with Crippen LogP contribution < -0.4 is 0 Å². The first-order valence-corrected chi connectivity index (χ1v) is 6.85. The summed E-state index contributed by atoms with van der Waals surface area (Å²) in [6, 6.07) is 6.45. The quantitative estimate of drug-likeness (QED) is 0.595.